The molecule has 2 aromatic rings. The highest BCUT2D eigenvalue weighted by Gasteiger charge is 2.21. The van der Waals surface area contributed by atoms with E-state index in [4.69, 9.17) is 10.00 Å². The second kappa shape index (κ2) is 5.41. The molecule has 1 aliphatic heterocycles. The van der Waals surface area contributed by atoms with Crippen molar-refractivity contribution in [3.63, 3.8) is 0 Å². The second-order valence-corrected chi connectivity index (χ2v) is 5.28. The van der Waals surface area contributed by atoms with Gasteiger partial charge in [-0.1, -0.05) is 30.3 Å². The van der Waals surface area contributed by atoms with Gasteiger partial charge < -0.3 is 4.74 Å². The molecule has 21 heavy (non-hydrogen) atoms. The van der Waals surface area contributed by atoms with Gasteiger partial charge in [-0.15, -0.1) is 0 Å². The molecule has 2 aromatic carbocycles. The van der Waals surface area contributed by atoms with Crippen molar-refractivity contribution in [3.05, 3.63) is 59.2 Å². The van der Waals surface area contributed by atoms with Crippen molar-refractivity contribution >= 4 is 5.90 Å². The van der Waals surface area contributed by atoms with Gasteiger partial charge in [-0.3, -0.25) is 0 Å². The molecule has 3 heteroatoms. The van der Waals surface area contributed by atoms with Gasteiger partial charge >= 0.3 is 0 Å². The van der Waals surface area contributed by atoms with Gasteiger partial charge in [0, 0.05) is 5.56 Å². The summed E-state index contributed by atoms with van der Waals surface area (Å²) in [4.78, 5) is 4.58. The Morgan fingerprint density at radius 1 is 1.19 bits per heavy atom. The van der Waals surface area contributed by atoms with Crippen molar-refractivity contribution in [2.75, 3.05) is 6.61 Å². The molecule has 0 saturated carbocycles. The molecule has 0 bridgehead atoms. The lowest BCUT2D eigenvalue weighted by molar-refractivity contribution is 0.324. The predicted molar refractivity (Wildman–Crippen MR) is 83.3 cm³/mol. The summed E-state index contributed by atoms with van der Waals surface area (Å²) < 4.78 is 5.74. The lowest BCUT2D eigenvalue weighted by Crippen LogP contribution is -2.06. The average Bonchev–Trinajstić information content (AvgIpc) is 2.93. The number of nitriles is 1. The molecule has 0 aliphatic carbocycles. The van der Waals surface area contributed by atoms with Crippen molar-refractivity contribution in [3.8, 4) is 17.2 Å². The fraction of sp³-hybridized carbons (Fsp3) is 0.222. The van der Waals surface area contributed by atoms with Gasteiger partial charge in [-0.05, 0) is 42.7 Å². The summed E-state index contributed by atoms with van der Waals surface area (Å²) in [6.07, 6.45) is 0. The van der Waals surface area contributed by atoms with Crippen LogP contribution in [0.5, 0.6) is 0 Å². The molecular weight excluding hydrogens is 260 g/mol. The lowest BCUT2D eigenvalue weighted by Gasteiger charge is -2.12. The van der Waals surface area contributed by atoms with E-state index >= 15 is 0 Å². The number of ether oxygens (including phenoxy) is 1. The molecule has 3 nitrogen and oxygen atoms in total. The van der Waals surface area contributed by atoms with Crippen LogP contribution in [-0.2, 0) is 4.74 Å². The molecule has 1 atom stereocenters. The van der Waals surface area contributed by atoms with Crippen LogP contribution in [-0.4, -0.2) is 18.5 Å². The van der Waals surface area contributed by atoms with Crippen LogP contribution >= 0.6 is 0 Å². The Morgan fingerprint density at radius 3 is 2.57 bits per heavy atom. The molecule has 0 amide bonds. The minimum atomic E-state index is 0.202. The summed E-state index contributed by atoms with van der Waals surface area (Å²) in [5, 5.41) is 8.91. The maximum atomic E-state index is 8.91. The standard InChI is InChI=1S/C18H16N2O/c1-12-4-3-5-16(15-8-6-14(10-19)7-9-15)17(12)18-20-13(2)11-21-18/h3-9,13H,11H2,1-2H3. The van der Waals surface area contributed by atoms with E-state index in [2.05, 4.69) is 30.1 Å². The molecule has 1 unspecified atom stereocenters. The van der Waals surface area contributed by atoms with Gasteiger partial charge in [0.25, 0.3) is 0 Å². The van der Waals surface area contributed by atoms with Crippen LogP contribution in [0.1, 0.15) is 23.6 Å². The predicted octanol–water partition coefficient (Wildman–Crippen LogP) is 3.70. The largest absolute Gasteiger partial charge is 0.475 e. The van der Waals surface area contributed by atoms with Crippen LogP contribution in [0, 0.1) is 18.3 Å². The topological polar surface area (TPSA) is 45.4 Å². The third kappa shape index (κ3) is 2.53. The Kier molecular flexibility index (Phi) is 3.45. The van der Waals surface area contributed by atoms with Crippen LogP contribution in [0.3, 0.4) is 0 Å². The molecular formula is C18H16N2O. The quantitative estimate of drug-likeness (QED) is 0.839. The molecule has 3 rings (SSSR count). The zero-order chi connectivity index (χ0) is 14.8. The third-order valence-corrected chi connectivity index (χ3v) is 3.61. The highest BCUT2D eigenvalue weighted by Crippen LogP contribution is 2.29. The molecule has 0 N–H and O–H groups in total. The van der Waals surface area contributed by atoms with E-state index < -0.39 is 0 Å². The summed E-state index contributed by atoms with van der Waals surface area (Å²) in [7, 11) is 0. The van der Waals surface area contributed by atoms with Crippen LogP contribution < -0.4 is 0 Å². The molecule has 0 spiro atoms. The first-order chi connectivity index (χ1) is 10.2. The highest BCUT2D eigenvalue weighted by molar-refractivity contribution is 6.03. The zero-order valence-electron chi connectivity index (χ0n) is 12.1. The zero-order valence-corrected chi connectivity index (χ0v) is 12.1. The van der Waals surface area contributed by atoms with E-state index in [0.717, 1.165) is 28.2 Å². The van der Waals surface area contributed by atoms with E-state index in [-0.39, 0.29) is 6.04 Å². The molecule has 0 aromatic heterocycles. The van der Waals surface area contributed by atoms with E-state index in [0.29, 0.717) is 12.2 Å². The maximum absolute atomic E-state index is 8.91. The molecule has 0 fully saturated rings. The Labute approximate surface area is 124 Å². The summed E-state index contributed by atoms with van der Waals surface area (Å²) in [6, 6.07) is 16.1. The fourth-order valence-corrected chi connectivity index (χ4v) is 2.53. The molecule has 0 radical (unpaired) electrons. The van der Waals surface area contributed by atoms with Crippen LogP contribution in [0.2, 0.25) is 0 Å². The van der Waals surface area contributed by atoms with E-state index in [9.17, 15) is 0 Å². The van der Waals surface area contributed by atoms with Gasteiger partial charge in [0.2, 0.25) is 5.90 Å². The van der Waals surface area contributed by atoms with E-state index in [1.54, 1.807) is 0 Å². The smallest absolute Gasteiger partial charge is 0.217 e. The number of nitrogens with zero attached hydrogens (tertiary/aromatic N) is 2. The monoisotopic (exact) mass is 276 g/mol. The maximum Gasteiger partial charge on any atom is 0.217 e. The molecule has 104 valence electrons. The third-order valence-electron chi connectivity index (χ3n) is 3.61. The second-order valence-electron chi connectivity index (χ2n) is 5.28. The minimum absolute atomic E-state index is 0.202. The van der Waals surface area contributed by atoms with E-state index in [1.165, 1.54) is 0 Å². The number of hydrogen-bond donors (Lipinski definition) is 0. The van der Waals surface area contributed by atoms with E-state index in [1.807, 2.05) is 37.3 Å². The van der Waals surface area contributed by atoms with Crippen molar-refractivity contribution in [1.82, 2.24) is 0 Å². The Morgan fingerprint density at radius 2 is 1.95 bits per heavy atom. The number of aryl methyl sites for hydroxylation is 1. The fourth-order valence-electron chi connectivity index (χ4n) is 2.53. The lowest BCUT2D eigenvalue weighted by atomic mass is 9.95. The van der Waals surface area contributed by atoms with Crippen LogP contribution in [0.25, 0.3) is 11.1 Å². The summed E-state index contributed by atoms with van der Waals surface area (Å²) in [5.74, 6) is 0.722. The highest BCUT2D eigenvalue weighted by atomic mass is 16.5. The number of hydrogen-bond acceptors (Lipinski definition) is 3. The van der Waals surface area contributed by atoms with Gasteiger partial charge in [-0.25, -0.2) is 4.99 Å². The van der Waals surface area contributed by atoms with Gasteiger partial charge in [0.15, 0.2) is 0 Å². The number of rotatable bonds is 2. The van der Waals surface area contributed by atoms with Gasteiger partial charge in [0.1, 0.15) is 6.61 Å². The summed E-state index contributed by atoms with van der Waals surface area (Å²) in [5.41, 5.74) is 5.01. The van der Waals surface area contributed by atoms with Crippen molar-refractivity contribution < 1.29 is 4.74 Å². The van der Waals surface area contributed by atoms with Crippen LogP contribution in [0.4, 0.5) is 0 Å². The summed E-state index contributed by atoms with van der Waals surface area (Å²) >= 11 is 0. The normalized spacial score (nSPS) is 17.0. The van der Waals surface area contributed by atoms with Gasteiger partial charge in [-0.2, -0.15) is 5.26 Å². The van der Waals surface area contributed by atoms with Gasteiger partial charge in [0.05, 0.1) is 17.7 Å². The number of benzene rings is 2. The van der Waals surface area contributed by atoms with Crippen molar-refractivity contribution in [2.45, 2.75) is 19.9 Å². The van der Waals surface area contributed by atoms with Crippen molar-refractivity contribution in [2.24, 2.45) is 4.99 Å². The molecule has 1 heterocycles. The first-order valence-electron chi connectivity index (χ1n) is 7.00. The summed E-state index contributed by atoms with van der Waals surface area (Å²) in [6.45, 7) is 4.75. The first-order valence-corrected chi connectivity index (χ1v) is 7.00. The van der Waals surface area contributed by atoms with Crippen molar-refractivity contribution in [1.29, 1.82) is 5.26 Å². The SMILES string of the molecule is Cc1cccc(-c2ccc(C#N)cc2)c1C1=NC(C)CO1. The molecule has 0 saturated heterocycles. The Bertz CT molecular complexity index is 739. The molecule has 1 aliphatic rings. The number of aliphatic imine (C=N–C) groups is 1. The minimum Gasteiger partial charge on any atom is -0.475 e. The van der Waals surface area contributed by atoms with Crippen LogP contribution in [0.15, 0.2) is 47.5 Å². The Hall–Kier alpha value is -2.60. The average molecular weight is 276 g/mol. The first kappa shape index (κ1) is 13.4. The Balaban J connectivity index is 2.12.